The molecule has 0 saturated carbocycles. The summed E-state index contributed by atoms with van der Waals surface area (Å²) in [5, 5.41) is 14.5. The minimum absolute atomic E-state index is 0.117. The average Bonchev–Trinajstić information content (AvgIpc) is 2.50. The number of ether oxygens (including phenoxy) is 1. The number of hydrogen-bond acceptors (Lipinski definition) is 4. The van der Waals surface area contributed by atoms with E-state index in [4.69, 9.17) is 9.84 Å². The van der Waals surface area contributed by atoms with Crippen LogP contribution < -0.4 is 10.1 Å². The van der Waals surface area contributed by atoms with E-state index in [1.807, 2.05) is 24.3 Å². The van der Waals surface area contributed by atoms with E-state index in [0.717, 1.165) is 41.7 Å². The lowest BCUT2D eigenvalue weighted by Crippen LogP contribution is -2.23. The topological polar surface area (TPSA) is 54.4 Å². The number of aromatic nitrogens is 1. The van der Waals surface area contributed by atoms with E-state index >= 15 is 0 Å². The summed E-state index contributed by atoms with van der Waals surface area (Å²) in [5.74, 6) is 1.74. The normalized spacial score (nSPS) is 11.6. The summed E-state index contributed by atoms with van der Waals surface area (Å²) in [6, 6.07) is 7.95. The summed E-state index contributed by atoms with van der Waals surface area (Å²) in [6.45, 7) is 5.45. The first-order chi connectivity index (χ1) is 10.1. The number of aliphatic hydroxyl groups excluding tert-OH is 1. The van der Waals surface area contributed by atoms with Crippen molar-refractivity contribution in [2.75, 3.05) is 25.6 Å². The van der Waals surface area contributed by atoms with Crippen LogP contribution in [0.1, 0.15) is 26.7 Å². The van der Waals surface area contributed by atoms with Crippen LogP contribution in [0.4, 0.5) is 5.82 Å². The van der Waals surface area contributed by atoms with Crippen molar-refractivity contribution in [2.45, 2.75) is 26.7 Å². The molecule has 0 fully saturated rings. The Balaban J connectivity index is 2.19. The van der Waals surface area contributed by atoms with Crippen molar-refractivity contribution in [1.29, 1.82) is 0 Å². The molecule has 0 aliphatic rings. The van der Waals surface area contributed by atoms with Crippen LogP contribution in [0.3, 0.4) is 0 Å². The van der Waals surface area contributed by atoms with Gasteiger partial charge in [-0.3, -0.25) is 0 Å². The van der Waals surface area contributed by atoms with Gasteiger partial charge in [-0.15, -0.1) is 0 Å². The second-order valence-electron chi connectivity index (χ2n) is 6.06. The highest BCUT2D eigenvalue weighted by Crippen LogP contribution is 2.30. The number of rotatable bonds is 7. The van der Waals surface area contributed by atoms with E-state index in [9.17, 15) is 0 Å². The fourth-order valence-electron chi connectivity index (χ4n) is 2.47. The molecule has 2 N–H and O–H groups in total. The van der Waals surface area contributed by atoms with Crippen LogP contribution in [0.2, 0.25) is 0 Å². The van der Waals surface area contributed by atoms with Crippen LogP contribution in [0.5, 0.6) is 5.75 Å². The Kier molecular flexibility index (Phi) is 5.02. The molecule has 114 valence electrons. The quantitative estimate of drug-likeness (QED) is 0.819. The van der Waals surface area contributed by atoms with Gasteiger partial charge in [-0.05, 0) is 30.4 Å². The Morgan fingerprint density at radius 2 is 2.05 bits per heavy atom. The zero-order valence-corrected chi connectivity index (χ0v) is 13.0. The Hall–Kier alpha value is -1.81. The second kappa shape index (κ2) is 6.76. The third kappa shape index (κ3) is 3.85. The van der Waals surface area contributed by atoms with Gasteiger partial charge in [0, 0.05) is 30.1 Å². The first-order valence-electron chi connectivity index (χ1n) is 7.34. The lowest BCUT2D eigenvalue weighted by Gasteiger charge is -2.25. The highest BCUT2D eigenvalue weighted by molar-refractivity contribution is 5.95. The van der Waals surface area contributed by atoms with Crippen LogP contribution >= 0.6 is 0 Å². The average molecular weight is 288 g/mol. The molecule has 0 aliphatic carbocycles. The van der Waals surface area contributed by atoms with E-state index in [1.165, 1.54) is 0 Å². The first-order valence-corrected chi connectivity index (χ1v) is 7.34. The number of aliphatic hydroxyl groups is 1. The van der Waals surface area contributed by atoms with E-state index in [0.29, 0.717) is 0 Å². The SMILES string of the molecule is COc1cccc2c(NCC(C)(C)CCCO)nccc12. The molecule has 0 amide bonds. The molecular formula is C17H24N2O2. The summed E-state index contributed by atoms with van der Waals surface area (Å²) in [4.78, 5) is 4.45. The largest absolute Gasteiger partial charge is 0.496 e. The van der Waals surface area contributed by atoms with Crippen molar-refractivity contribution < 1.29 is 9.84 Å². The fraction of sp³-hybridized carbons (Fsp3) is 0.471. The smallest absolute Gasteiger partial charge is 0.133 e. The maximum absolute atomic E-state index is 8.97. The molecule has 2 rings (SSSR count). The molecule has 2 aromatic rings. The molecule has 0 saturated heterocycles. The van der Waals surface area contributed by atoms with Crippen molar-refractivity contribution in [1.82, 2.24) is 4.98 Å². The first kappa shape index (κ1) is 15.6. The molecule has 1 aromatic carbocycles. The molecule has 0 radical (unpaired) electrons. The van der Waals surface area contributed by atoms with Crippen molar-refractivity contribution in [3.8, 4) is 5.75 Å². The number of nitrogens with zero attached hydrogens (tertiary/aromatic N) is 1. The number of hydrogen-bond donors (Lipinski definition) is 2. The van der Waals surface area contributed by atoms with Gasteiger partial charge >= 0.3 is 0 Å². The highest BCUT2D eigenvalue weighted by Gasteiger charge is 2.18. The highest BCUT2D eigenvalue weighted by atomic mass is 16.5. The van der Waals surface area contributed by atoms with Crippen LogP contribution in [0.25, 0.3) is 10.8 Å². The lowest BCUT2D eigenvalue weighted by atomic mass is 9.88. The molecule has 0 unspecified atom stereocenters. The Labute approximate surface area is 126 Å². The van der Waals surface area contributed by atoms with Gasteiger partial charge in [0.05, 0.1) is 7.11 Å². The standard InChI is InChI=1S/C17H24N2O2/c1-17(2,9-5-11-20)12-19-16-14-6-4-7-15(21-3)13(14)8-10-18-16/h4,6-8,10,20H,5,9,11-12H2,1-3H3,(H,18,19). The maximum atomic E-state index is 8.97. The molecule has 0 atom stereocenters. The molecule has 4 nitrogen and oxygen atoms in total. The molecule has 21 heavy (non-hydrogen) atoms. The second-order valence-corrected chi connectivity index (χ2v) is 6.06. The number of benzene rings is 1. The van der Waals surface area contributed by atoms with E-state index < -0.39 is 0 Å². The Morgan fingerprint density at radius 3 is 2.76 bits per heavy atom. The van der Waals surface area contributed by atoms with Gasteiger partial charge in [-0.2, -0.15) is 0 Å². The van der Waals surface area contributed by atoms with Gasteiger partial charge in [-0.25, -0.2) is 4.98 Å². The lowest BCUT2D eigenvalue weighted by molar-refractivity contribution is 0.248. The van der Waals surface area contributed by atoms with Crippen molar-refractivity contribution >= 4 is 16.6 Å². The molecular weight excluding hydrogens is 264 g/mol. The molecule has 4 heteroatoms. The Bertz CT molecular complexity index is 596. The van der Waals surface area contributed by atoms with Gasteiger partial charge in [0.2, 0.25) is 0 Å². The minimum Gasteiger partial charge on any atom is -0.496 e. The monoisotopic (exact) mass is 288 g/mol. The van der Waals surface area contributed by atoms with Crippen LogP contribution in [-0.4, -0.2) is 30.4 Å². The summed E-state index contributed by atoms with van der Waals surface area (Å²) in [7, 11) is 1.68. The van der Waals surface area contributed by atoms with Crippen LogP contribution in [0.15, 0.2) is 30.5 Å². The maximum Gasteiger partial charge on any atom is 0.133 e. The summed E-state index contributed by atoms with van der Waals surface area (Å²) in [5.41, 5.74) is 0.117. The van der Waals surface area contributed by atoms with Crippen LogP contribution in [0, 0.1) is 5.41 Å². The third-order valence-electron chi connectivity index (χ3n) is 3.73. The fourth-order valence-corrected chi connectivity index (χ4v) is 2.47. The zero-order valence-electron chi connectivity index (χ0n) is 13.0. The van der Waals surface area contributed by atoms with Crippen molar-refractivity contribution in [2.24, 2.45) is 5.41 Å². The van der Waals surface area contributed by atoms with Crippen LogP contribution in [-0.2, 0) is 0 Å². The van der Waals surface area contributed by atoms with Gasteiger partial charge in [0.15, 0.2) is 0 Å². The predicted octanol–water partition coefficient (Wildman–Crippen LogP) is 3.45. The summed E-state index contributed by atoms with van der Waals surface area (Å²) < 4.78 is 5.40. The number of anilines is 1. The van der Waals surface area contributed by atoms with E-state index in [-0.39, 0.29) is 12.0 Å². The summed E-state index contributed by atoms with van der Waals surface area (Å²) in [6.07, 6.45) is 3.60. The van der Waals surface area contributed by atoms with E-state index in [1.54, 1.807) is 13.3 Å². The third-order valence-corrected chi connectivity index (χ3v) is 3.73. The molecule has 0 bridgehead atoms. The number of fused-ring (bicyclic) bond motifs is 1. The van der Waals surface area contributed by atoms with Gasteiger partial charge in [0.1, 0.15) is 11.6 Å². The van der Waals surface area contributed by atoms with Crippen molar-refractivity contribution in [3.63, 3.8) is 0 Å². The molecule has 0 aliphatic heterocycles. The number of nitrogens with one attached hydrogen (secondary N) is 1. The minimum atomic E-state index is 0.117. The summed E-state index contributed by atoms with van der Waals surface area (Å²) >= 11 is 0. The molecule has 0 spiro atoms. The van der Waals surface area contributed by atoms with Gasteiger partial charge in [0.25, 0.3) is 0 Å². The van der Waals surface area contributed by atoms with Crippen molar-refractivity contribution in [3.05, 3.63) is 30.5 Å². The van der Waals surface area contributed by atoms with E-state index in [2.05, 4.69) is 24.1 Å². The Morgan fingerprint density at radius 1 is 1.24 bits per heavy atom. The van der Waals surface area contributed by atoms with Gasteiger partial charge in [-0.1, -0.05) is 26.0 Å². The van der Waals surface area contributed by atoms with Gasteiger partial charge < -0.3 is 15.2 Å². The molecule has 1 aromatic heterocycles. The number of pyridine rings is 1. The number of methoxy groups -OCH3 is 1. The predicted molar refractivity (Wildman–Crippen MR) is 86.9 cm³/mol. The molecule has 1 heterocycles. The zero-order chi connectivity index (χ0) is 15.3.